The molecule has 1 saturated heterocycles. The summed E-state index contributed by atoms with van der Waals surface area (Å²) < 4.78 is 0. The first kappa shape index (κ1) is 17.3. The van der Waals surface area contributed by atoms with Crippen LogP contribution in [-0.2, 0) is 9.63 Å². The summed E-state index contributed by atoms with van der Waals surface area (Å²) in [5.41, 5.74) is 1.81. The smallest absolute Gasteiger partial charge is 0.222 e. The van der Waals surface area contributed by atoms with Crippen molar-refractivity contribution in [2.45, 2.75) is 51.6 Å². The highest BCUT2D eigenvalue weighted by molar-refractivity contribution is 6.30. The molecule has 1 aromatic rings. The molecule has 0 atom stereocenters. The number of hydrogen-bond acceptors (Lipinski definition) is 3. The zero-order chi connectivity index (χ0) is 17.2. The van der Waals surface area contributed by atoms with Crippen LogP contribution in [0.15, 0.2) is 29.4 Å². The van der Waals surface area contributed by atoms with E-state index in [0.29, 0.717) is 12.3 Å². The maximum Gasteiger partial charge on any atom is 0.222 e. The number of oxime groups is 1. The number of hydrogen-bond donors (Lipinski definition) is 0. The highest BCUT2D eigenvalue weighted by atomic mass is 35.5. The molecule has 0 bridgehead atoms. The summed E-state index contributed by atoms with van der Waals surface area (Å²) in [6.45, 7) is 5.83. The predicted molar refractivity (Wildman–Crippen MR) is 96.3 cm³/mol. The van der Waals surface area contributed by atoms with Gasteiger partial charge in [0, 0.05) is 43.8 Å². The number of carbonyl (C=O) groups excluding carboxylic acids is 1. The number of amides is 1. The minimum absolute atomic E-state index is 0.232. The van der Waals surface area contributed by atoms with Crippen molar-refractivity contribution < 1.29 is 9.63 Å². The van der Waals surface area contributed by atoms with Gasteiger partial charge in [0.2, 0.25) is 5.91 Å². The molecule has 0 aromatic heterocycles. The van der Waals surface area contributed by atoms with Crippen LogP contribution in [0.1, 0.15) is 51.5 Å². The second kappa shape index (κ2) is 7.14. The Morgan fingerprint density at radius 3 is 2.58 bits per heavy atom. The molecule has 2 aliphatic rings. The Balaban J connectivity index is 1.54. The molecule has 24 heavy (non-hydrogen) atoms. The molecule has 2 heterocycles. The first-order valence-corrected chi connectivity index (χ1v) is 9.14. The van der Waals surface area contributed by atoms with Gasteiger partial charge in [0.05, 0.1) is 5.71 Å². The number of nitrogens with zero attached hydrogens (tertiary/aromatic N) is 2. The SMILES string of the molecule is CC(C)CCC(=O)N1CCC2(CC1)CC(c1ccc(Cl)cc1)=NO2. The zero-order valence-electron chi connectivity index (χ0n) is 14.4. The maximum absolute atomic E-state index is 12.3. The van der Waals surface area contributed by atoms with Gasteiger partial charge in [-0.25, -0.2) is 0 Å². The van der Waals surface area contributed by atoms with Gasteiger partial charge < -0.3 is 9.74 Å². The number of likely N-dealkylation sites (tertiary alicyclic amines) is 1. The number of rotatable bonds is 4. The van der Waals surface area contributed by atoms with E-state index in [4.69, 9.17) is 16.4 Å². The van der Waals surface area contributed by atoms with E-state index in [2.05, 4.69) is 19.0 Å². The van der Waals surface area contributed by atoms with Crippen LogP contribution in [0.2, 0.25) is 5.02 Å². The molecule has 0 N–H and O–H groups in total. The summed E-state index contributed by atoms with van der Waals surface area (Å²) >= 11 is 5.94. The van der Waals surface area contributed by atoms with Crippen LogP contribution in [0.3, 0.4) is 0 Å². The van der Waals surface area contributed by atoms with Crippen molar-refractivity contribution in [1.82, 2.24) is 4.90 Å². The fourth-order valence-corrected chi connectivity index (χ4v) is 3.45. The molecule has 3 rings (SSSR count). The van der Waals surface area contributed by atoms with E-state index >= 15 is 0 Å². The standard InChI is InChI=1S/C19H25ClN2O2/c1-14(2)3-8-18(23)22-11-9-19(10-12-22)13-17(21-24-19)15-4-6-16(20)7-5-15/h4-7,14H,3,8-13H2,1-2H3. The van der Waals surface area contributed by atoms with Crippen LogP contribution in [0.25, 0.3) is 0 Å². The average Bonchev–Trinajstić information content (AvgIpc) is 2.98. The Labute approximate surface area is 148 Å². The quantitative estimate of drug-likeness (QED) is 0.815. The van der Waals surface area contributed by atoms with E-state index in [9.17, 15) is 4.79 Å². The highest BCUT2D eigenvalue weighted by Crippen LogP contribution is 2.36. The van der Waals surface area contributed by atoms with Crippen LogP contribution in [-0.4, -0.2) is 35.2 Å². The summed E-state index contributed by atoms with van der Waals surface area (Å²) in [7, 11) is 0. The van der Waals surface area contributed by atoms with Crippen LogP contribution in [0.4, 0.5) is 0 Å². The van der Waals surface area contributed by atoms with Crippen molar-refractivity contribution in [2.24, 2.45) is 11.1 Å². The molecule has 4 nitrogen and oxygen atoms in total. The van der Waals surface area contributed by atoms with Gasteiger partial charge in [0.25, 0.3) is 0 Å². The van der Waals surface area contributed by atoms with Gasteiger partial charge in [0.1, 0.15) is 5.60 Å². The van der Waals surface area contributed by atoms with Crippen LogP contribution in [0.5, 0.6) is 0 Å². The zero-order valence-corrected chi connectivity index (χ0v) is 15.2. The van der Waals surface area contributed by atoms with Crippen molar-refractivity contribution in [3.63, 3.8) is 0 Å². The summed E-state index contributed by atoms with van der Waals surface area (Å²) in [6, 6.07) is 7.71. The number of carbonyl (C=O) groups is 1. The van der Waals surface area contributed by atoms with Gasteiger partial charge in [-0.3, -0.25) is 4.79 Å². The van der Waals surface area contributed by atoms with E-state index in [1.54, 1.807) is 0 Å². The Bertz CT molecular complexity index is 617. The Morgan fingerprint density at radius 2 is 1.96 bits per heavy atom. The van der Waals surface area contributed by atoms with Crippen molar-refractivity contribution >= 4 is 23.2 Å². The van der Waals surface area contributed by atoms with Gasteiger partial charge >= 0.3 is 0 Å². The average molecular weight is 349 g/mol. The van der Waals surface area contributed by atoms with Gasteiger partial charge in [0.15, 0.2) is 0 Å². The summed E-state index contributed by atoms with van der Waals surface area (Å²) in [4.78, 5) is 20.1. The molecule has 2 aliphatic heterocycles. The predicted octanol–water partition coefficient (Wildman–Crippen LogP) is 4.26. The largest absolute Gasteiger partial charge is 0.388 e. The molecule has 130 valence electrons. The molecule has 1 spiro atoms. The van der Waals surface area contributed by atoms with Gasteiger partial charge in [-0.05, 0) is 30.0 Å². The normalized spacial score (nSPS) is 19.5. The third-order valence-corrected chi connectivity index (χ3v) is 5.23. The van der Waals surface area contributed by atoms with E-state index in [-0.39, 0.29) is 11.5 Å². The molecule has 0 unspecified atom stereocenters. The third kappa shape index (κ3) is 3.92. The van der Waals surface area contributed by atoms with Crippen molar-refractivity contribution in [1.29, 1.82) is 0 Å². The molecule has 1 aromatic carbocycles. The molecule has 0 radical (unpaired) electrons. The van der Waals surface area contributed by atoms with Gasteiger partial charge in [-0.15, -0.1) is 0 Å². The minimum Gasteiger partial charge on any atom is -0.388 e. The third-order valence-electron chi connectivity index (χ3n) is 4.98. The van der Waals surface area contributed by atoms with E-state index in [1.165, 1.54) is 0 Å². The second-order valence-corrected chi connectivity index (χ2v) is 7.75. The summed E-state index contributed by atoms with van der Waals surface area (Å²) in [5.74, 6) is 0.842. The van der Waals surface area contributed by atoms with Crippen molar-refractivity contribution in [2.75, 3.05) is 13.1 Å². The fourth-order valence-electron chi connectivity index (χ4n) is 3.32. The minimum atomic E-state index is -0.232. The highest BCUT2D eigenvalue weighted by Gasteiger charge is 2.42. The lowest BCUT2D eigenvalue weighted by Gasteiger charge is -2.37. The maximum atomic E-state index is 12.3. The van der Waals surface area contributed by atoms with E-state index in [1.807, 2.05) is 29.2 Å². The van der Waals surface area contributed by atoms with Crippen molar-refractivity contribution in [3.8, 4) is 0 Å². The molecule has 1 amide bonds. The topological polar surface area (TPSA) is 41.9 Å². The van der Waals surface area contributed by atoms with E-state index in [0.717, 1.165) is 55.1 Å². The van der Waals surface area contributed by atoms with Crippen LogP contribution in [0, 0.1) is 5.92 Å². The Kier molecular flexibility index (Phi) is 5.14. The van der Waals surface area contributed by atoms with Crippen LogP contribution >= 0.6 is 11.6 Å². The monoisotopic (exact) mass is 348 g/mol. The van der Waals surface area contributed by atoms with E-state index < -0.39 is 0 Å². The lowest BCUT2D eigenvalue weighted by molar-refractivity contribution is -0.137. The lowest BCUT2D eigenvalue weighted by Crippen LogP contribution is -2.46. The first-order chi connectivity index (χ1) is 11.5. The molecular formula is C19H25ClN2O2. The molecule has 5 heteroatoms. The Hall–Kier alpha value is -1.55. The van der Waals surface area contributed by atoms with Crippen LogP contribution < -0.4 is 0 Å². The molecule has 0 saturated carbocycles. The summed E-state index contributed by atoms with van der Waals surface area (Å²) in [6.07, 6.45) is 4.11. The van der Waals surface area contributed by atoms with Crippen molar-refractivity contribution in [3.05, 3.63) is 34.9 Å². The number of piperidine rings is 1. The lowest BCUT2D eigenvalue weighted by atomic mass is 9.85. The first-order valence-electron chi connectivity index (χ1n) is 8.76. The fraction of sp³-hybridized carbons (Fsp3) is 0.579. The Morgan fingerprint density at radius 1 is 1.29 bits per heavy atom. The second-order valence-electron chi connectivity index (χ2n) is 7.31. The molecule has 0 aliphatic carbocycles. The van der Waals surface area contributed by atoms with Gasteiger partial charge in [-0.1, -0.05) is 42.7 Å². The van der Waals surface area contributed by atoms with Gasteiger partial charge in [-0.2, -0.15) is 0 Å². The summed E-state index contributed by atoms with van der Waals surface area (Å²) in [5, 5.41) is 5.04. The number of halogens is 1. The number of benzene rings is 1. The molecular weight excluding hydrogens is 324 g/mol. The molecule has 1 fully saturated rings.